The van der Waals surface area contributed by atoms with Gasteiger partial charge in [0.25, 0.3) is 5.91 Å². The van der Waals surface area contributed by atoms with E-state index in [-0.39, 0.29) is 11.5 Å². The Morgan fingerprint density at radius 1 is 1.16 bits per heavy atom. The van der Waals surface area contributed by atoms with Crippen LogP contribution < -0.4 is 5.32 Å². The lowest BCUT2D eigenvalue weighted by Gasteiger charge is -2.08. The second-order valence-electron chi connectivity index (χ2n) is 7.73. The van der Waals surface area contributed by atoms with E-state index in [4.69, 9.17) is 0 Å². The highest BCUT2D eigenvalue weighted by atomic mass is 16.1. The zero-order valence-corrected chi connectivity index (χ0v) is 18.9. The Labute approximate surface area is 183 Å². The summed E-state index contributed by atoms with van der Waals surface area (Å²) in [4.78, 5) is 12.7. The average Bonchev–Trinajstić information content (AvgIpc) is 3.20. The van der Waals surface area contributed by atoms with Gasteiger partial charge in [0.1, 0.15) is 11.6 Å². The van der Waals surface area contributed by atoms with Crippen LogP contribution in [0.25, 0.3) is 11.8 Å². The number of amides is 1. The van der Waals surface area contributed by atoms with Gasteiger partial charge in [0, 0.05) is 35.7 Å². The van der Waals surface area contributed by atoms with Crippen molar-refractivity contribution in [1.29, 1.82) is 5.26 Å². The Balaban J connectivity index is 1.79. The Kier molecular flexibility index (Phi) is 6.76. The highest BCUT2D eigenvalue weighted by Gasteiger charge is 2.16. The SMILES string of the molecule is CCCn1c(C)cc(/C=C(\C#N)C(=O)NCc2c(C)nn(-c3ccccc3)c2C)c1C. The third-order valence-electron chi connectivity index (χ3n) is 5.59. The number of nitriles is 1. The zero-order valence-electron chi connectivity index (χ0n) is 18.9. The molecule has 3 aromatic rings. The van der Waals surface area contributed by atoms with Crippen LogP contribution in [0.2, 0.25) is 0 Å². The van der Waals surface area contributed by atoms with Gasteiger partial charge in [-0.1, -0.05) is 25.1 Å². The fourth-order valence-electron chi connectivity index (χ4n) is 3.86. The van der Waals surface area contributed by atoms with Gasteiger partial charge in [-0.05, 0) is 64.0 Å². The van der Waals surface area contributed by atoms with Crippen LogP contribution in [0.5, 0.6) is 0 Å². The Hall–Kier alpha value is -3.59. The molecule has 0 saturated heterocycles. The minimum atomic E-state index is -0.381. The molecule has 0 aliphatic rings. The molecule has 31 heavy (non-hydrogen) atoms. The predicted molar refractivity (Wildman–Crippen MR) is 123 cm³/mol. The fraction of sp³-hybridized carbons (Fsp3) is 0.320. The summed E-state index contributed by atoms with van der Waals surface area (Å²) in [7, 11) is 0. The summed E-state index contributed by atoms with van der Waals surface area (Å²) in [5, 5.41) is 17.1. The standard InChI is InChI=1S/C25H29N5O/c1-6-12-29-17(2)13-21(19(29)4)14-22(15-26)25(31)27-16-24-18(3)28-30(20(24)5)23-10-8-7-9-11-23/h7-11,13-14H,6,12,16H2,1-5H3,(H,27,31)/b22-14+. The molecule has 0 atom stereocenters. The number of carbonyl (C=O) groups is 1. The van der Waals surface area contributed by atoms with E-state index in [2.05, 4.69) is 28.0 Å². The molecule has 2 heterocycles. The normalized spacial score (nSPS) is 11.4. The Morgan fingerprint density at radius 3 is 2.52 bits per heavy atom. The van der Waals surface area contributed by atoms with Crippen LogP contribution in [0.1, 0.15) is 47.2 Å². The predicted octanol–water partition coefficient (Wildman–Crippen LogP) is 4.54. The van der Waals surface area contributed by atoms with Crippen LogP contribution >= 0.6 is 0 Å². The van der Waals surface area contributed by atoms with Gasteiger partial charge in [-0.2, -0.15) is 10.4 Å². The minimum Gasteiger partial charge on any atom is -0.349 e. The molecule has 2 aromatic heterocycles. The summed E-state index contributed by atoms with van der Waals surface area (Å²) in [5.74, 6) is -0.381. The van der Waals surface area contributed by atoms with Gasteiger partial charge in [0.2, 0.25) is 0 Å². The summed E-state index contributed by atoms with van der Waals surface area (Å²) in [5.41, 5.74) is 6.95. The third-order valence-corrected chi connectivity index (χ3v) is 5.59. The number of para-hydroxylation sites is 1. The number of hydrogen-bond donors (Lipinski definition) is 1. The average molecular weight is 416 g/mol. The van der Waals surface area contributed by atoms with Crippen LogP contribution in [0.4, 0.5) is 0 Å². The van der Waals surface area contributed by atoms with Gasteiger partial charge in [-0.15, -0.1) is 0 Å². The first kappa shape index (κ1) is 22.1. The van der Waals surface area contributed by atoms with Crippen molar-refractivity contribution in [2.45, 2.75) is 54.1 Å². The van der Waals surface area contributed by atoms with E-state index in [9.17, 15) is 10.1 Å². The van der Waals surface area contributed by atoms with Crippen LogP contribution in [0.15, 0.2) is 42.0 Å². The summed E-state index contributed by atoms with van der Waals surface area (Å²) in [6, 6.07) is 14.0. The monoisotopic (exact) mass is 415 g/mol. The Morgan fingerprint density at radius 2 is 1.87 bits per heavy atom. The van der Waals surface area contributed by atoms with Crippen LogP contribution in [-0.4, -0.2) is 20.3 Å². The van der Waals surface area contributed by atoms with Crippen molar-refractivity contribution in [2.24, 2.45) is 0 Å². The second kappa shape index (κ2) is 9.48. The van der Waals surface area contributed by atoms with Crippen LogP contribution in [0, 0.1) is 39.0 Å². The summed E-state index contributed by atoms with van der Waals surface area (Å²) >= 11 is 0. The lowest BCUT2D eigenvalue weighted by molar-refractivity contribution is -0.117. The quantitative estimate of drug-likeness (QED) is 0.455. The molecule has 160 valence electrons. The van der Waals surface area contributed by atoms with E-state index >= 15 is 0 Å². The molecule has 0 saturated carbocycles. The number of nitrogens with one attached hydrogen (secondary N) is 1. The molecule has 0 spiro atoms. The van der Waals surface area contributed by atoms with Gasteiger partial charge in [-0.3, -0.25) is 4.79 Å². The first-order valence-electron chi connectivity index (χ1n) is 10.5. The van der Waals surface area contributed by atoms with Gasteiger partial charge in [0.15, 0.2) is 0 Å². The number of rotatable bonds is 7. The van der Waals surface area contributed by atoms with Crippen molar-refractivity contribution in [3.05, 3.63) is 75.9 Å². The molecule has 0 aliphatic heterocycles. The number of aromatic nitrogens is 3. The van der Waals surface area contributed by atoms with Crippen molar-refractivity contribution in [2.75, 3.05) is 0 Å². The number of carbonyl (C=O) groups excluding carboxylic acids is 1. The van der Waals surface area contributed by atoms with Crippen LogP contribution in [-0.2, 0) is 17.9 Å². The molecule has 0 unspecified atom stereocenters. The lowest BCUT2D eigenvalue weighted by atomic mass is 10.1. The van der Waals surface area contributed by atoms with E-state index in [1.54, 1.807) is 6.08 Å². The summed E-state index contributed by atoms with van der Waals surface area (Å²) in [6.07, 6.45) is 2.71. The van der Waals surface area contributed by atoms with Crippen LogP contribution in [0.3, 0.4) is 0 Å². The van der Waals surface area contributed by atoms with E-state index in [1.165, 1.54) is 0 Å². The zero-order chi connectivity index (χ0) is 22.5. The molecule has 3 rings (SSSR count). The maximum Gasteiger partial charge on any atom is 0.262 e. The molecule has 1 N–H and O–H groups in total. The lowest BCUT2D eigenvalue weighted by Crippen LogP contribution is -2.24. The first-order chi connectivity index (χ1) is 14.9. The Bertz CT molecular complexity index is 1160. The highest BCUT2D eigenvalue weighted by molar-refractivity contribution is 6.01. The van der Waals surface area contributed by atoms with Crippen molar-refractivity contribution in [1.82, 2.24) is 19.7 Å². The van der Waals surface area contributed by atoms with E-state index in [1.807, 2.05) is 68.8 Å². The molecule has 0 fully saturated rings. The van der Waals surface area contributed by atoms with Gasteiger partial charge >= 0.3 is 0 Å². The van der Waals surface area contributed by atoms with Crippen molar-refractivity contribution >= 4 is 12.0 Å². The second-order valence-corrected chi connectivity index (χ2v) is 7.73. The molecule has 0 radical (unpaired) electrons. The van der Waals surface area contributed by atoms with E-state index in [0.29, 0.717) is 6.54 Å². The van der Waals surface area contributed by atoms with Crippen molar-refractivity contribution in [3.8, 4) is 11.8 Å². The maximum absolute atomic E-state index is 12.7. The molecule has 1 aromatic carbocycles. The maximum atomic E-state index is 12.7. The van der Waals surface area contributed by atoms with E-state index in [0.717, 1.165) is 52.6 Å². The van der Waals surface area contributed by atoms with Gasteiger partial charge in [-0.25, -0.2) is 4.68 Å². The van der Waals surface area contributed by atoms with E-state index < -0.39 is 0 Å². The topological polar surface area (TPSA) is 75.6 Å². The highest BCUT2D eigenvalue weighted by Crippen LogP contribution is 2.20. The number of nitrogens with zero attached hydrogens (tertiary/aromatic N) is 4. The van der Waals surface area contributed by atoms with Crippen molar-refractivity contribution in [3.63, 3.8) is 0 Å². The smallest absolute Gasteiger partial charge is 0.262 e. The molecule has 6 heteroatoms. The summed E-state index contributed by atoms with van der Waals surface area (Å²) < 4.78 is 4.09. The third kappa shape index (κ3) is 4.61. The fourth-order valence-corrected chi connectivity index (χ4v) is 3.86. The molecule has 6 nitrogen and oxygen atoms in total. The van der Waals surface area contributed by atoms with Crippen molar-refractivity contribution < 1.29 is 4.79 Å². The number of hydrogen-bond acceptors (Lipinski definition) is 3. The molecule has 1 amide bonds. The molecular weight excluding hydrogens is 386 g/mol. The van der Waals surface area contributed by atoms with Gasteiger partial charge in [0.05, 0.1) is 11.4 Å². The number of benzene rings is 1. The molecular formula is C25H29N5O. The largest absolute Gasteiger partial charge is 0.349 e. The summed E-state index contributed by atoms with van der Waals surface area (Å²) in [6.45, 7) is 11.3. The number of aryl methyl sites for hydroxylation is 2. The molecule has 0 bridgehead atoms. The molecule has 0 aliphatic carbocycles. The first-order valence-corrected chi connectivity index (χ1v) is 10.5. The minimum absolute atomic E-state index is 0.0995. The van der Waals surface area contributed by atoms with Gasteiger partial charge < -0.3 is 9.88 Å².